The second-order valence-corrected chi connectivity index (χ2v) is 8.01. The summed E-state index contributed by atoms with van der Waals surface area (Å²) in [5, 5.41) is 7.77. The molecule has 1 fully saturated rings. The summed E-state index contributed by atoms with van der Waals surface area (Å²) in [6, 6.07) is 12.9. The molecule has 5 heteroatoms. The Morgan fingerprint density at radius 2 is 1.73 bits per heavy atom. The van der Waals surface area contributed by atoms with Crippen molar-refractivity contribution in [2.75, 3.05) is 18.4 Å². The van der Waals surface area contributed by atoms with Gasteiger partial charge in [-0.2, -0.15) is 0 Å². The number of nitrogens with one attached hydrogen (secondary N) is 3. The van der Waals surface area contributed by atoms with Gasteiger partial charge in [0.25, 0.3) is 0 Å². The van der Waals surface area contributed by atoms with E-state index in [2.05, 4.69) is 41.0 Å². The zero-order valence-corrected chi connectivity index (χ0v) is 17.1. The normalized spacial score (nSPS) is 14.4. The fraction of sp³-hybridized carbons (Fsp3) is 0.381. The van der Waals surface area contributed by atoms with Crippen LogP contribution in [0.2, 0.25) is 5.02 Å². The van der Waals surface area contributed by atoms with E-state index < -0.39 is 0 Å². The van der Waals surface area contributed by atoms with Crippen LogP contribution in [0.25, 0.3) is 0 Å². The standard InChI is InChI=1S/C21H26ClN3S/c1-15-11-16(2)20(19(22)12-15)24-21(26)23-13-17-5-7-18(8-6-17)14-25-9-3-4-10-25/h5-8,11-12H,3-4,9-10,13-14H2,1-2H3,(H2,23,24,26)/p+1. The first kappa shape index (κ1) is 19.2. The van der Waals surface area contributed by atoms with Crippen molar-refractivity contribution >= 4 is 34.6 Å². The highest BCUT2D eigenvalue weighted by atomic mass is 35.5. The molecule has 0 aliphatic carbocycles. The van der Waals surface area contributed by atoms with Gasteiger partial charge >= 0.3 is 0 Å². The van der Waals surface area contributed by atoms with Crippen LogP contribution < -0.4 is 15.5 Å². The Morgan fingerprint density at radius 1 is 1.08 bits per heavy atom. The minimum Gasteiger partial charge on any atom is -0.358 e. The number of likely N-dealkylation sites (tertiary alicyclic amines) is 1. The number of thiocarbonyl (C=S) groups is 1. The van der Waals surface area contributed by atoms with E-state index in [1.807, 2.05) is 19.9 Å². The monoisotopic (exact) mass is 388 g/mol. The van der Waals surface area contributed by atoms with E-state index >= 15 is 0 Å². The van der Waals surface area contributed by atoms with Gasteiger partial charge in [-0.3, -0.25) is 0 Å². The first-order valence-electron chi connectivity index (χ1n) is 9.24. The fourth-order valence-electron chi connectivity index (χ4n) is 3.53. The first-order chi connectivity index (χ1) is 12.5. The summed E-state index contributed by atoms with van der Waals surface area (Å²) < 4.78 is 0. The molecule has 3 nitrogen and oxygen atoms in total. The fourth-order valence-corrected chi connectivity index (χ4v) is 4.07. The van der Waals surface area contributed by atoms with Crippen molar-refractivity contribution in [2.45, 2.75) is 39.8 Å². The molecule has 1 saturated heterocycles. The van der Waals surface area contributed by atoms with Gasteiger partial charge in [-0.15, -0.1) is 0 Å². The summed E-state index contributed by atoms with van der Waals surface area (Å²) in [6.07, 6.45) is 2.73. The van der Waals surface area contributed by atoms with Crippen molar-refractivity contribution in [1.82, 2.24) is 5.32 Å². The molecule has 3 rings (SSSR count). The quantitative estimate of drug-likeness (QED) is 0.683. The van der Waals surface area contributed by atoms with Gasteiger partial charge in [0.1, 0.15) is 6.54 Å². The second-order valence-electron chi connectivity index (χ2n) is 7.20. The van der Waals surface area contributed by atoms with Gasteiger partial charge in [0, 0.05) is 24.9 Å². The van der Waals surface area contributed by atoms with E-state index in [1.54, 1.807) is 4.90 Å². The van der Waals surface area contributed by atoms with Crippen molar-refractivity contribution in [3.8, 4) is 0 Å². The van der Waals surface area contributed by atoms with Crippen molar-refractivity contribution in [3.05, 3.63) is 63.7 Å². The lowest BCUT2D eigenvalue weighted by atomic mass is 10.1. The number of rotatable bonds is 5. The second kappa shape index (κ2) is 8.85. The highest BCUT2D eigenvalue weighted by Crippen LogP contribution is 2.27. The molecular weight excluding hydrogens is 362 g/mol. The number of aryl methyl sites for hydroxylation is 2. The predicted octanol–water partition coefficient (Wildman–Crippen LogP) is 3.62. The minimum atomic E-state index is 0.587. The summed E-state index contributed by atoms with van der Waals surface area (Å²) >= 11 is 11.8. The smallest absolute Gasteiger partial charge is 0.171 e. The Balaban J connectivity index is 1.51. The van der Waals surface area contributed by atoms with Gasteiger partial charge in [-0.1, -0.05) is 41.9 Å². The lowest BCUT2D eigenvalue weighted by molar-refractivity contribution is -0.901. The molecule has 0 amide bonds. The largest absolute Gasteiger partial charge is 0.358 e. The summed E-state index contributed by atoms with van der Waals surface area (Å²) in [5.41, 5.74) is 5.74. The highest BCUT2D eigenvalue weighted by Gasteiger charge is 2.15. The van der Waals surface area contributed by atoms with Crippen LogP contribution in [0.3, 0.4) is 0 Å². The van der Waals surface area contributed by atoms with Gasteiger partial charge in [0.15, 0.2) is 5.11 Å². The minimum absolute atomic E-state index is 0.587. The maximum atomic E-state index is 6.33. The van der Waals surface area contributed by atoms with E-state index in [-0.39, 0.29) is 0 Å². The third-order valence-electron chi connectivity index (χ3n) is 4.91. The van der Waals surface area contributed by atoms with Gasteiger partial charge in [-0.05, 0) is 48.8 Å². The van der Waals surface area contributed by atoms with Gasteiger partial charge in [0.05, 0.1) is 23.8 Å². The molecule has 26 heavy (non-hydrogen) atoms. The maximum Gasteiger partial charge on any atom is 0.171 e. The molecule has 1 aliphatic rings. The Morgan fingerprint density at radius 3 is 2.38 bits per heavy atom. The number of halogens is 1. The molecule has 0 atom stereocenters. The molecule has 0 unspecified atom stereocenters. The van der Waals surface area contributed by atoms with Crippen molar-refractivity contribution in [1.29, 1.82) is 0 Å². The Labute approximate surface area is 166 Å². The zero-order chi connectivity index (χ0) is 18.5. The SMILES string of the molecule is Cc1cc(C)c(NC(=S)NCc2ccc(C[NH+]3CCCC3)cc2)c(Cl)c1. The van der Waals surface area contributed by atoms with E-state index in [0.29, 0.717) is 16.7 Å². The molecule has 2 aromatic rings. The average Bonchev–Trinajstić information content (AvgIpc) is 3.10. The van der Waals surface area contributed by atoms with Crippen LogP contribution in [0.15, 0.2) is 36.4 Å². The molecule has 3 N–H and O–H groups in total. The van der Waals surface area contributed by atoms with E-state index in [9.17, 15) is 0 Å². The zero-order valence-electron chi connectivity index (χ0n) is 15.5. The summed E-state index contributed by atoms with van der Waals surface area (Å²) in [7, 11) is 0. The first-order valence-corrected chi connectivity index (χ1v) is 10.0. The average molecular weight is 389 g/mol. The molecular formula is C21H27ClN3S+. The molecule has 0 bridgehead atoms. The van der Waals surface area contributed by atoms with Crippen LogP contribution in [0.1, 0.15) is 35.1 Å². The van der Waals surface area contributed by atoms with E-state index in [0.717, 1.165) is 23.4 Å². The maximum absolute atomic E-state index is 6.33. The number of benzene rings is 2. The Hall–Kier alpha value is -1.62. The van der Waals surface area contributed by atoms with Crippen LogP contribution in [-0.2, 0) is 13.1 Å². The lowest BCUT2D eigenvalue weighted by Gasteiger charge is -2.15. The van der Waals surface area contributed by atoms with Crippen molar-refractivity contribution < 1.29 is 4.90 Å². The van der Waals surface area contributed by atoms with Crippen molar-refractivity contribution in [3.63, 3.8) is 0 Å². The molecule has 0 aromatic heterocycles. The van der Waals surface area contributed by atoms with Gasteiger partial charge < -0.3 is 15.5 Å². The number of quaternary nitrogens is 1. The van der Waals surface area contributed by atoms with Gasteiger partial charge in [0.2, 0.25) is 0 Å². The Bertz CT molecular complexity index is 744. The van der Waals surface area contributed by atoms with E-state index in [4.69, 9.17) is 23.8 Å². The lowest BCUT2D eigenvalue weighted by Crippen LogP contribution is -3.08. The third-order valence-corrected chi connectivity index (χ3v) is 5.46. The molecule has 0 saturated carbocycles. The Kier molecular flexibility index (Phi) is 6.52. The molecule has 2 aromatic carbocycles. The van der Waals surface area contributed by atoms with Crippen LogP contribution in [0, 0.1) is 13.8 Å². The number of hydrogen-bond acceptors (Lipinski definition) is 1. The van der Waals surface area contributed by atoms with Crippen LogP contribution in [-0.4, -0.2) is 18.2 Å². The molecule has 1 heterocycles. The number of hydrogen-bond donors (Lipinski definition) is 3. The molecule has 0 radical (unpaired) electrons. The van der Waals surface area contributed by atoms with Crippen molar-refractivity contribution in [2.24, 2.45) is 0 Å². The molecule has 138 valence electrons. The van der Waals surface area contributed by atoms with Gasteiger partial charge in [-0.25, -0.2) is 0 Å². The number of anilines is 1. The third kappa shape index (κ3) is 5.19. The highest BCUT2D eigenvalue weighted by molar-refractivity contribution is 7.80. The molecule has 0 spiro atoms. The van der Waals surface area contributed by atoms with Crippen LogP contribution in [0.5, 0.6) is 0 Å². The topological polar surface area (TPSA) is 28.5 Å². The summed E-state index contributed by atoms with van der Waals surface area (Å²) in [6.45, 7) is 8.53. The molecule has 1 aliphatic heterocycles. The van der Waals surface area contributed by atoms with E-state index in [1.165, 1.54) is 37.1 Å². The summed E-state index contributed by atoms with van der Waals surface area (Å²) in [4.78, 5) is 1.70. The van der Waals surface area contributed by atoms with Crippen LogP contribution in [0.4, 0.5) is 5.69 Å². The summed E-state index contributed by atoms with van der Waals surface area (Å²) in [5.74, 6) is 0. The van der Waals surface area contributed by atoms with Crippen LogP contribution >= 0.6 is 23.8 Å². The predicted molar refractivity (Wildman–Crippen MR) is 114 cm³/mol.